The van der Waals surface area contributed by atoms with E-state index >= 15 is 0 Å². The van der Waals surface area contributed by atoms with E-state index < -0.39 is 28.6 Å². The monoisotopic (exact) mass is 379 g/mol. The average molecular weight is 379 g/mol. The zero-order valence-corrected chi connectivity index (χ0v) is 14.9. The van der Waals surface area contributed by atoms with E-state index in [0.717, 1.165) is 6.07 Å². The molecule has 2 aromatic carbocycles. The van der Waals surface area contributed by atoms with Crippen LogP contribution >= 0.6 is 0 Å². The molecule has 0 saturated heterocycles. The molecule has 0 aromatic heterocycles. The maximum Gasteiger partial charge on any atom is 0.270 e. The van der Waals surface area contributed by atoms with Crippen LogP contribution in [0.25, 0.3) is 0 Å². The number of carbonyl (C=O) groups excluding carboxylic acids is 2. The Morgan fingerprint density at radius 1 is 1.25 bits per heavy atom. The minimum absolute atomic E-state index is 0.0517. The topological polar surface area (TPSA) is 125 Å². The molecule has 0 radical (unpaired) electrons. The highest BCUT2D eigenvalue weighted by atomic mass is 16.6. The number of para-hydroxylation sites is 1. The Balaban J connectivity index is 1.91. The standard InChI is InChI=1S/C20H17N3O5/c21-10-3-4-11-22-17-9-2-1-8-16(17)20(26,19(22)25)13-18(24)14-6-5-7-15(12-14)23(27)28/h1-2,5-9,12,26H,3-4,11,13H2/t20-/m0/s1. The van der Waals surface area contributed by atoms with Gasteiger partial charge in [0.1, 0.15) is 0 Å². The summed E-state index contributed by atoms with van der Waals surface area (Å²) < 4.78 is 0. The third kappa shape index (κ3) is 3.35. The van der Waals surface area contributed by atoms with Gasteiger partial charge in [-0.05, 0) is 12.5 Å². The number of amides is 1. The normalized spacial score (nSPS) is 17.9. The molecular formula is C20H17N3O5. The van der Waals surface area contributed by atoms with Gasteiger partial charge in [0.15, 0.2) is 11.4 Å². The molecule has 0 aliphatic carbocycles. The molecule has 0 unspecified atom stereocenters. The maximum atomic E-state index is 13.0. The van der Waals surface area contributed by atoms with Crippen LogP contribution in [0.3, 0.4) is 0 Å². The fourth-order valence-corrected chi connectivity index (χ4v) is 3.34. The number of hydrogen-bond donors (Lipinski definition) is 1. The molecule has 1 N–H and O–H groups in total. The number of unbranched alkanes of at least 4 members (excludes halogenated alkanes) is 1. The highest BCUT2D eigenvalue weighted by molar-refractivity contribution is 6.10. The molecule has 0 bridgehead atoms. The van der Waals surface area contributed by atoms with Crippen molar-refractivity contribution in [2.24, 2.45) is 0 Å². The molecule has 1 aliphatic rings. The van der Waals surface area contributed by atoms with Gasteiger partial charge in [-0.1, -0.05) is 30.3 Å². The molecule has 142 valence electrons. The van der Waals surface area contributed by atoms with Crippen molar-refractivity contribution in [3.8, 4) is 6.07 Å². The SMILES string of the molecule is N#CCCCN1C(=O)[C@](O)(CC(=O)c2cccc([N+](=O)[O-])c2)c2ccccc21. The number of Topliss-reactive ketones (excluding diaryl/α,β-unsaturated/α-hetero) is 1. The fraction of sp³-hybridized carbons (Fsp3) is 0.250. The number of anilines is 1. The van der Waals surface area contributed by atoms with Crippen molar-refractivity contribution in [1.29, 1.82) is 5.26 Å². The Kier molecular flexibility index (Phi) is 5.20. The van der Waals surface area contributed by atoms with Gasteiger partial charge in [-0.2, -0.15) is 5.26 Å². The zero-order chi connectivity index (χ0) is 20.3. The fourth-order valence-electron chi connectivity index (χ4n) is 3.34. The van der Waals surface area contributed by atoms with Crippen molar-refractivity contribution < 1.29 is 19.6 Å². The minimum Gasteiger partial charge on any atom is -0.375 e. The number of non-ortho nitro benzene ring substituents is 1. The van der Waals surface area contributed by atoms with Gasteiger partial charge in [0.2, 0.25) is 0 Å². The smallest absolute Gasteiger partial charge is 0.270 e. The van der Waals surface area contributed by atoms with Gasteiger partial charge in [-0.25, -0.2) is 0 Å². The molecule has 0 spiro atoms. The van der Waals surface area contributed by atoms with E-state index in [2.05, 4.69) is 0 Å². The summed E-state index contributed by atoms with van der Waals surface area (Å²) in [4.78, 5) is 37.4. The largest absolute Gasteiger partial charge is 0.375 e. The lowest BCUT2D eigenvalue weighted by molar-refractivity contribution is -0.384. The first kappa shape index (κ1) is 19.2. The molecule has 8 nitrogen and oxygen atoms in total. The van der Waals surface area contributed by atoms with Crippen molar-refractivity contribution >= 4 is 23.1 Å². The molecule has 0 fully saturated rings. The van der Waals surface area contributed by atoms with Crippen molar-refractivity contribution in [3.05, 3.63) is 69.8 Å². The third-order valence-corrected chi connectivity index (χ3v) is 4.71. The quantitative estimate of drug-likeness (QED) is 0.341. The lowest BCUT2D eigenvalue weighted by Gasteiger charge is -2.22. The Hall–Kier alpha value is -3.57. The number of benzene rings is 2. The van der Waals surface area contributed by atoms with E-state index in [1.165, 1.54) is 23.1 Å². The van der Waals surface area contributed by atoms with Gasteiger partial charge in [0.05, 0.1) is 23.1 Å². The van der Waals surface area contributed by atoms with Crippen LogP contribution in [0.4, 0.5) is 11.4 Å². The van der Waals surface area contributed by atoms with E-state index in [9.17, 15) is 24.8 Å². The second-order valence-corrected chi connectivity index (χ2v) is 6.50. The highest BCUT2D eigenvalue weighted by Crippen LogP contribution is 2.43. The second-order valence-electron chi connectivity index (χ2n) is 6.50. The number of nitro groups is 1. The van der Waals surface area contributed by atoms with Gasteiger partial charge in [-0.15, -0.1) is 0 Å². The van der Waals surface area contributed by atoms with E-state index in [4.69, 9.17) is 5.26 Å². The lowest BCUT2D eigenvalue weighted by atomic mass is 9.88. The lowest BCUT2D eigenvalue weighted by Crippen LogP contribution is -2.42. The van der Waals surface area contributed by atoms with Crippen LogP contribution < -0.4 is 4.90 Å². The molecule has 2 aromatic rings. The van der Waals surface area contributed by atoms with Gasteiger partial charge in [0.25, 0.3) is 11.6 Å². The van der Waals surface area contributed by atoms with Crippen LogP contribution in [0.1, 0.15) is 35.2 Å². The first-order chi connectivity index (χ1) is 13.4. The summed E-state index contributed by atoms with van der Waals surface area (Å²) in [6, 6.07) is 13.8. The van der Waals surface area contributed by atoms with Crippen molar-refractivity contribution in [2.45, 2.75) is 24.9 Å². The molecule has 1 aliphatic heterocycles. The molecule has 1 amide bonds. The van der Waals surface area contributed by atoms with Gasteiger partial charge in [-0.3, -0.25) is 19.7 Å². The summed E-state index contributed by atoms with van der Waals surface area (Å²) in [5.74, 6) is -1.21. The predicted molar refractivity (Wildman–Crippen MR) is 99.6 cm³/mol. The number of nitro benzene ring substituents is 1. The van der Waals surface area contributed by atoms with Crippen molar-refractivity contribution in [1.82, 2.24) is 0 Å². The van der Waals surface area contributed by atoms with Crippen LogP contribution in [-0.4, -0.2) is 28.3 Å². The first-order valence-corrected chi connectivity index (χ1v) is 8.67. The number of rotatable bonds is 7. The maximum absolute atomic E-state index is 13.0. The summed E-state index contributed by atoms with van der Waals surface area (Å²) in [5.41, 5.74) is -1.43. The number of carbonyl (C=O) groups is 2. The number of nitriles is 1. The summed E-state index contributed by atoms with van der Waals surface area (Å²) in [6.07, 6.45) is 0.168. The van der Waals surface area contributed by atoms with E-state index in [-0.39, 0.29) is 24.2 Å². The number of aliphatic hydroxyl groups is 1. The molecule has 0 saturated carbocycles. The Morgan fingerprint density at radius 2 is 2.00 bits per heavy atom. The van der Waals surface area contributed by atoms with Gasteiger partial charge >= 0.3 is 0 Å². The summed E-state index contributed by atoms with van der Waals surface area (Å²) in [7, 11) is 0. The molecule has 3 rings (SSSR count). The highest BCUT2D eigenvalue weighted by Gasteiger charge is 2.50. The molecule has 1 heterocycles. The zero-order valence-electron chi connectivity index (χ0n) is 14.9. The number of fused-ring (bicyclic) bond motifs is 1. The van der Waals surface area contributed by atoms with Gasteiger partial charge < -0.3 is 10.0 Å². The minimum atomic E-state index is -2.05. The van der Waals surface area contributed by atoms with Crippen LogP contribution in [0.15, 0.2) is 48.5 Å². The molecular weight excluding hydrogens is 362 g/mol. The van der Waals surface area contributed by atoms with Crippen LogP contribution in [0.5, 0.6) is 0 Å². The Morgan fingerprint density at radius 3 is 2.71 bits per heavy atom. The second kappa shape index (κ2) is 7.58. The summed E-state index contributed by atoms with van der Waals surface area (Å²) >= 11 is 0. The summed E-state index contributed by atoms with van der Waals surface area (Å²) in [6.45, 7) is 0.247. The van der Waals surface area contributed by atoms with Crippen LogP contribution in [0.2, 0.25) is 0 Å². The first-order valence-electron chi connectivity index (χ1n) is 8.67. The van der Waals surface area contributed by atoms with Crippen molar-refractivity contribution in [2.75, 3.05) is 11.4 Å². The van der Waals surface area contributed by atoms with Crippen LogP contribution in [-0.2, 0) is 10.4 Å². The van der Waals surface area contributed by atoms with Crippen LogP contribution in [0, 0.1) is 21.4 Å². The van der Waals surface area contributed by atoms with E-state index in [0.29, 0.717) is 17.7 Å². The molecule has 1 atom stereocenters. The van der Waals surface area contributed by atoms with Gasteiger partial charge in [0, 0.05) is 36.2 Å². The summed E-state index contributed by atoms with van der Waals surface area (Å²) in [5, 5.41) is 30.8. The predicted octanol–water partition coefficient (Wildman–Crippen LogP) is 2.71. The van der Waals surface area contributed by atoms with Crippen molar-refractivity contribution in [3.63, 3.8) is 0 Å². The molecule has 8 heteroatoms. The number of nitrogens with zero attached hydrogens (tertiary/aromatic N) is 3. The van der Waals surface area contributed by atoms with E-state index in [1.54, 1.807) is 24.3 Å². The average Bonchev–Trinajstić information content (AvgIpc) is 2.90. The Labute approximate surface area is 160 Å². The number of hydrogen-bond acceptors (Lipinski definition) is 6. The van der Waals surface area contributed by atoms with E-state index in [1.807, 2.05) is 6.07 Å². The number of ketones is 1. The molecule has 28 heavy (non-hydrogen) atoms. The Bertz CT molecular complexity index is 997. The third-order valence-electron chi connectivity index (χ3n) is 4.71.